The minimum atomic E-state index is -0.263. The van der Waals surface area contributed by atoms with Crippen molar-refractivity contribution in [2.75, 3.05) is 27.7 Å². The fourth-order valence-electron chi connectivity index (χ4n) is 2.83. The molecule has 0 bridgehead atoms. The van der Waals surface area contributed by atoms with Gasteiger partial charge in [-0.15, -0.1) is 0 Å². The molecule has 140 valence electrons. The van der Waals surface area contributed by atoms with Crippen molar-refractivity contribution >= 4 is 5.91 Å². The number of benzene rings is 2. The quantitative estimate of drug-likeness (QED) is 0.695. The van der Waals surface area contributed by atoms with Gasteiger partial charge in [0, 0.05) is 18.2 Å². The molecule has 6 nitrogen and oxygen atoms in total. The lowest BCUT2D eigenvalue weighted by atomic mass is 10.1. The molecule has 3 rings (SSSR count). The van der Waals surface area contributed by atoms with E-state index >= 15 is 0 Å². The molecule has 1 N–H and O–H groups in total. The molecular weight excluding hydrogens is 342 g/mol. The third kappa shape index (κ3) is 4.54. The van der Waals surface area contributed by atoms with Crippen LogP contribution >= 0.6 is 0 Å². The van der Waals surface area contributed by atoms with Gasteiger partial charge in [-0.25, -0.2) is 0 Å². The van der Waals surface area contributed by atoms with Crippen molar-refractivity contribution in [3.05, 3.63) is 71.9 Å². The van der Waals surface area contributed by atoms with Crippen molar-refractivity contribution in [2.45, 2.75) is 6.04 Å². The number of aromatic nitrogens is 1. The van der Waals surface area contributed by atoms with E-state index in [0.717, 1.165) is 16.9 Å². The van der Waals surface area contributed by atoms with Gasteiger partial charge >= 0.3 is 0 Å². The number of methoxy groups -OCH3 is 1. The Morgan fingerprint density at radius 2 is 1.85 bits per heavy atom. The van der Waals surface area contributed by atoms with Crippen LogP contribution in [0.1, 0.15) is 22.1 Å². The average Bonchev–Trinajstić information content (AvgIpc) is 3.19. The van der Waals surface area contributed by atoms with Gasteiger partial charge in [0.15, 0.2) is 11.5 Å². The normalized spacial score (nSPS) is 12.0. The smallest absolute Gasteiger partial charge is 0.273 e. The SMILES string of the molecule is COc1ccc(-c2cc(C(=O)NC[C@H](c3ccccc3)N(C)C)no2)cc1. The molecule has 0 unspecified atom stereocenters. The van der Waals surface area contributed by atoms with Crippen LogP contribution in [-0.2, 0) is 0 Å². The zero-order valence-electron chi connectivity index (χ0n) is 15.7. The van der Waals surface area contributed by atoms with Gasteiger partial charge in [-0.1, -0.05) is 35.5 Å². The molecule has 0 saturated carbocycles. The highest BCUT2D eigenvalue weighted by Crippen LogP contribution is 2.23. The molecule has 0 saturated heterocycles. The largest absolute Gasteiger partial charge is 0.497 e. The topological polar surface area (TPSA) is 67.6 Å². The lowest BCUT2D eigenvalue weighted by Gasteiger charge is -2.24. The number of hydrogen-bond acceptors (Lipinski definition) is 5. The zero-order chi connectivity index (χ0) is 19.2. The highest BCUT2D eigenvalue weighted by molar-refractivity contribution is 5.93. The molecule has 0 aliphatic rings. The monoisotopic (exact) mass is 365 g/mol. The van der Waals surface area contributed by atoms with Crippen LogP contribution in [0.3, 0.4) is 0 Å². The van der Waals surface area contributed by atoms with E-state index in [4.69, 9.17) is 9.26 Å². The van der Waals surface area contributed by atoms with Gasteiger partial charge in [0.2, 0.25) is 0 Å². The Labute approximate surface area is 158 Å². The van der Waals surface area contributed by atoms with Gasteiger partial charge in [-0.3, -0.25) is 4.79 Å². The minimum absolute atomic E-state index is 0.0723. The molecule has 1 heterocycles. The first-order chi connectivity index (χ1) is 13.1. The van der Waals surface area contributed by atoms with E-state index in [1.165, 1.54) is 0 Å². The highest BCUT2D eigenvalue weighted by atomic mass is 16.5. The highest BCUT2D eigenvalue weighted by Gasteiger charge is 2.18. The number of ether oxygens (including phenoxy) is 1. The molecule has 0 radical (unpaired) electrons. The maximum Gasteiger partial charge on any atom is 0.273 e. The summed E-state index contributed by atoms with van der Waals surface area (Å²) in [5, 5.41) is 6.84. The van der Waals surface area contributed by atoms with Gasteiger partial charge in [0.05, 0.1) is 13.2 Å². The lowest BCUT2D eigenvalue weighted by Crippen LogP contribution is -2.34. The summed E-state index contributed by atoms with van der Waals surface area (Å²) in [6.07, 6.45) is 0. The Balaban J connectivity index is 1.66. The van der Waals surface area contributed by atoms with Crippen molar-refractivity contribution in [1.29, 1.82) is 0 Å². The van der Waals surface area contributed by atoms with Gasteiger partial charge < -0.3 is 19.5 Å². The van der Waals surface area contributed by atoms with Crippen LogP contribution in [-0.4, -0.2) is 43.7 Å². The van der Waals surface area contributed by atoms with Crippen LogP contribution in [0, 0.1) is 0 Å². The van der Waals surface area contributed by atoms with E-state index in [0.29, 0.717) is 12.3 Å². The lowest BCUT2D eigenvalue weighted by molar-refractivity contribution is 0.0933. The molecule has 1 aromatic heterocycles. The Bertz CT molecular complexity index is 873. The number of amides is 1. The number of rotatable bonds is 7. The van der Waals surface area contributed by atoms with Crippen molar-refractivity contribution in [3.8, 4) is 17.1 Å². The first-order valence-electron chi connectivity index (χ1n) is 8.69. The number of hydrogen-bond donors (Lipinski definition) is 1. The van der Waals surface area contributed by atoms with Gasteiger partial charge in [-0.05, 0) is 43.9 Å². The van der Waals surface area contributed by atoms with Crippen LogP contribution < -0.4 is 10.1 Å². The summed E-state index contributed by atoms with van der Waals surface area (Å²) in [6.45, 7) is 0.473. The molecule has 1 atom stereocenters. The first kappa shape index (κ1) is 18.7. The maximum atomic E-state index is 12.5. The molecule has 6 heteroatoms. The fraction of sp³-hybridized carbons (Fsp3) is 0.238. The van der Waals surface area contributed by atoms with Crippen molar-refractivity contribution in [1.82, 2.24) is 15.4 Å². The predicted octanol–water partition coefficient (Wildman–Crippen LogP) is 3.38. The second-order valence-corrected chi connectivity index (χ2v) is 6.41. The second kappa shape index (κ2) is 8.51. The van der Waals surface area contributed by atoms with E-state index in [2.05, 4.69) is 27.5 Å². The molecule has 0 spiro atoms. The average molecular weight is 365 g/mol. The maximum absolute atomic E-state index is 12.5. The molecule has 1 amide bonds. The van der Waals surface area contributed by atoms with Crippen molar-refractivity contribution < 1.29 is 14.1 Å². The number of likely N-dealkylation sites (N-methyl/N-ethyl adjacent to an activating group) is 1. The van der Waals surface area contributed by atoms with Crippen LogP contribution in [0.4, 0.5) is 0 Å². The standard InChI is InChI=1S/C21H23N3O3/c1-24(2)19(15-7-5-4-6-8-15)14-22-21(25)18-13-20(27-23-18)16-9-11-17(26-3)12-10-16/h4-13,19H,14H2,1-3H3,(H,22,25)/t19-/m1/s1. The number of carbonyl (C=O) groups excluding carboxylic acids is 1. The van der Waals surface area contributed by atoms with Crippen molar-refractivity contribution in [2.24, 2.45) is 0 Å². The van der Waals surface area contributed by atoms with E-state index in [1.54, 1.807) is 13.2 Å². The predicted molar refractivity (Wildman–Crippen MR) is 104 cm³/mol. The van der Waals surface area contributed by atoms with E-state index < -0.39 is 0 Å². The van der Waals surface area contributed by atoms with Gasteiger partial charge in [0.25, 0.3) is 5.91 Å². The van der Waals surface area contributed by atoms with E-state index in [1.807, 2.05) is 56.6 Å². The molecule has 0 fully saturated rings. The summed E-state index contributed by atoms with van der Waals surface area (Å²) >= 11 is 0. The summed E-state index contributed by atoms with van der Waals surface area (Å²) in [4.78, 5) is 14.5. The number of nitrogens with one attached hydrogen (secondary N) is 1. The van der Waals surface area contributed by atoms with Gasteiger partial charge in [-0.2, -0.15) is 0 Å². The Kier molecular flexibility index (Phi) is 5.88. The third-order valence-electron chi connectivity index (χ3n) is 4.38. The summed E-state index contributed by atoms with van der Waals surface area (Å²) in [7, 11) is 5.59. The van der Waals surface area contributed by atoms with Crippen LogP contribution in [0.25, 0.3) is 11.3 Å². The first-order valence-corrected chi connectivity index (χ1v) is 8.69. The summed E-state index contributed by atoms with van der Waals surface area (Å²) < 4.78 is 10.5. The molecule has 2 aromatic carbocycles. The van der Waals surface area contributed by atoms with E-state index in [-0.39, 0.29) is 17.6 Å². The Morgan fingerprint density at radius 1 is 1.15 bits per heavy atom. The molecule has 0 aliphatic heterocycles. The molecule has 0 aliphatic carbocycles. The summed E-state index contributed by atoms with van der Waals surface area (Å²) in [6, 6.07) is 19.2. The minimum Gasteiger partial charge on any atom is -0.497 e. The fourth-order valence-corrected chi connectivity index (χ4v) is 2.83. The van der Waals surface area contributed by atoms with E-state index in [9.17, 15) is 4.79 Å². The molecule has 3 aromatic rings. The molecular formula is C21H23N3O3. The number of nitrogens with zero attached hydrogens (tertiary/aromatic N) is 2. The second-order valence-electron chi connectivity index (χ2n) is 6.41. The zero-order valence-corrected chi connectivity index (χ0v) is 15.7. The molecule has 27 heavy (non-hydrogen) atoms. The van der Waals surface area contributed by atoms with Crippen LogP contribution in [0.2, 0.25) is 0 Å². The van der Waals surface area contributed by atoms with Crippen LogP contribution in [0.5, 0.6) is 5.75 Å². The Hall–Kier alpha value is -3.12. The third-order valence-corrected chi connectivity index (χ3v) is 4.38. The van der Waals surface area contributed by atoms with Crippen molar-refractivity contribution in [3.63, 3.8) is 0 Å². The van der Waals surface area contributed by atoms with Crippen LogP contribution in [0.15, 0.2) is 65.2 Å². The summed E-state index contributed by atoms with van der Waals surface area (Å²) in [5.74, 6) is 1.03. The Morgan fingerprint density at radius 3 is 2.48 bits per heavy atom. The summed E-state index contributed by atoms with van der Waals surface area (Å²) in [5.41, 5.74) is 2.23. The number of carbonyl (C=O) groups is 1. The van der Waals surface area contributed by atoms with Gasteiger partial charge in [0.1, 0.15) is 5.75 Å².